The van der Waals surface area contributed by atoms with E-state index in [1.807, 2.05) is 11.8 Å². The average molecular weight is 390 g/mol. The average Bonchev–Trinajstić information content (AvgIpc) is 3.02. The van der Waals surface area contributed by atoms with Gasteiger partial charge in [-0.25, -0.2) is 18.4 Å². The Morgan fingerprint density at radius 2 is 2.04 bits per heavy atom. The van der Waals surface area contributed by atoms with Crippen molar-refractivity contribution in [3.63, 3.8) is 0 Å². The van der Waals surface area contributed by atoms with Crippen LogP contribution in [-0.2, 0) is 9.84 Å². The van der Waals surface area contributed by atoms with Gasteiger partial charge in [-0.3, -0.25) is 4.79 Å². The Balaban J connectivity index is 1.76. The van der Waals surface area contributed by atoms with Crippen LogP contribution in [0.15, 0.2) is 36.7 Å². The molecule has 1 unspecified atom stereocenters. The second-order valence-electron chi connectivity index (χ2n) is 6.29. The number of carbonyl (C=O) groups excluding carboxylic acids is 1. The molecule has 144 valence electrons. The lowest BCUT2D eigenvalue weighted by atomic mass is 10.2. The summed E-state index contributed by atoms with van der Waals surface area (Å²) in [4.78, 5) is 22.7. The molecule has 1 N–H and O–H groups in total. The Morgan fingerprint density at radius 3 is 2.63 bits per heavy atom. The lowest BCUT2D eigenvalue weighted by molar-refractivity contribution is 0.102. The molecule has 2 heterocycles. The molecule has 1 aliphatic heterocycles. The van der Waals surface area contributed by atoms with E-state index in [1.54, 1.807) is 37.4 Å². The highest BCUT2D eigenvalue weighted by atomic mass is 32.2. The fourth-order valence-electron chi connectivity index (χ4n) is 3.13. The number of ether oxygens (including phenoxy) is 1. The number of benzene rings is 1. The van der Waals surface area contributed by atoms with Gasteiger partial charge in [0.1, 0.15) is 23.6 Å². The van der Waals surface area contributed by atoms with Gasteiger partial charge in [-0.2, -0.15) is 0 Å². The fraction of sp³-hybridized carbons (Fsp3) is 0.389. The molecule has 9 heteroatoms. The summed E-state index contributed by atoms with van der Waals surface area (Å²) in [5.41, 5.74) is 0.838. The number of aromatic nitrogens is 2. The van der Waals surface area contributed by atoms with Gasteiger partial charge in [-0.1, -0.05) is 0 Å². The number of hydrogen-bond acceptors (Lipinski definition) is 7. The van der Waals surface area contributed by atoms with E-state index in [9.17, 15) is 13.2 Å². The SMILES string of the molecule is CCN(c1cc(C(=O)Nc2ccc(OC)cc2)ncn1)C1CCS(=O)(=O)C1. The Morgan fingerprint density at radius 1 is 1.30 bits per heavy atom. The number of methoxy groups -OCH3 is 1. The molecule has 0 radical (unpaired) electrons. The zero-order valence-corrected chi connectivity index (χ0v) is 16.1. The summed E-state index contributed by atoms with van der Waals surface area (Å²) in [6.07, 6.45) is 1.89. The van der Waals surface area contributed by atoms with Gasteiger partial charge in [-0.15, -0.1) is 0 Å². The number of anilines is 2. The Labute approximate surface area is 158 Å². The van der Waals surface area contributed by atoms with Crippen molar-refractivity contribution in [1.82, 2.24) is 9.97 Å². The molecular weight excluding hydrogens is 368 g/mol. The third-order valence-electron chi connectivity index (χ3n) is 4.52. The highest BCUT2D eigenvalue weighted by molar-refractivity contribution is 7.91. The van der Waals surface area contributed by atoms with Crippen LogP contribution < -0.4 is 15.0 Å². The minimum absolute atomic E-state index is 0.109. The van der Waals surface area contributed by atoms with E-state index in [-0.39, 0.29) is 29.1 Å². The standard InChI is InChI=1S/C18H22N4O4S/c1-3-22(14-8-9-27(24,25)11-14)17-10-16(19-12-20-17)18(23)21-13-4-6-15(26-2)7-5-13/h4-7,10,12,14H,3,8-9,11H2,1-2H3,(H,21,23). The van der Waals surface area contributed by atoms with Crippen LogP contribution in [-0.4, -0.2) is 55.5 Å². The first-order chi connectivity index (χ1) is 12.9. The van der Waals surface area contributed by atoms with E-state index in [0.717, 1.165) is 0 Å². The largest absolute Gasteiger partial charge is 0.497 e. The van der Waals surface area contributed by atoms with Crippen LogP contribution >= 0.6 is 0 Å². The summed E-state index contributed by atoms with van der Waals surface area (Å²) in [6, 6.07) is 8.43. The van der Waals surface area contributed by atoms with Crippen molar-refractivity contribution in [2.75, 3.05) is 35.4 Å². The van der Waals surface area contributed by atoms with Crippen molar-refractivity contribution in [3.05, 3.63) is 42.4 Å². The van der Waals surface area contributed by atoms with Crippen LogP contribution in [0.1, 0.15) is 23.8 Å². The minimum Gasteiger partial charge on any atom is -0.497 e. The van der Waals surface area contributed by atoms with Gasteiger partial charge < -0.3 is 15.0 Å². The molecular formula is C18H22N4O4S. The lowest BCUT2D eigenvalue weighted by Gasteiger charge is -2.27. The number of nitrogens with zero attached hydrogens (tertiary/aromatic N) is 3. The molecule has 1 aliphatic rings. The summed E-state index contributed by atoms with van der Waals surface area (Å²) in [6.45, 7) is 2.53. The van der Waals surface area contributed by atoms with Gasteiger partial charge in [0.25, 0.3) is 5.91 Å². The molecule has 1 saturated heterocycles. The van der Waals surface area contributed by atoms with Crippen molar-refractivity contribution >= 4 is 27.2 Å². The number of hydrogen-bond donors (Lipinski definition) is 1. The molecule has 8 nitrogen and oxygen atoms in total. The molecule has 1 amide bonds. The van der Waals surface area contributed by atoms with Gasteiger partial charge in [0.15, 0.2) is 9.84 Å². The molecule has 0 spiro atoms. The van der Waals surface area contributed by atoms with Gasteiger partial charge in [0.2, 0.25) is 0 Å². The second-order valence-corrected chi connectivity index (χ2v) is 8.52. The van der Waals surface area contributed by atoms with E-state index in [0.29, 0.717) is 30.2 Å². The van der Waals surface area contributed by atoms with Crippen molar-refractivity contribution in [3.8, 4) is 5.75 Å². The zero-order valence-electron chi connectivity index (χ0n) is 15.3. The lowest BCUT2D eigenvalue weighted by Crippen LogP contribution is -2.37. The predicted octanol–water partition coefficient (Wildman–Crippen LogP) is 1.75. The molecule has 1 aromatic heterocycles. The number of sulfone groups is 1. The number of nitrogens with one attached hydrogen (secondary N) is 1. The second kappa shape index (κ2) is 7.91. The molecule has 1 fully saturated rings. The third-order valence-corrected chi connectivity index (χ3v) is 6.27. The van der Waals surface area contributed by atoms with Crippen LogP contribution in [0.3, 0.4) is 0 Å². The molecule has 1 atom stereocenters. The summed E-state index contributed by atoms with van der Waals surface area (Å²) < 4.78 is 28.7. The van der Waals surface area contributed by atoms with Crippen molar-refractivity contribution in [1.29, 1.82) is 0 Å². The maximum Gasteiger partial charge on any atom is 0.274 e. The quantitative estimate of drug-likeness (QED) is 0.802. The maximum atomic E-state index is 12.5. The van der Waals surface area contributed by atoms with Crippen molar-refractivity contribution < 1.29 is 17.9 Å². The molecule has 0 saturated carbocycles. The van der Waals surface area contributed by atoms with Gasteiger partial charge >= 0.3 is 0 Å². The first-order valence-corrected chi connectivity index (χ1v) is 10.5. The topological polar surface area (TPSA) is 101 Å². The van der Waals surface area contributed by atoms with Crippen LogP contribution in [0.5, 0.6) is 5.75 Å². The molecule has 3 rings (SSSR count). The number of carbonyl (C=O) groups is 1. The van der Waals surface area contributed by atoms with E-state index in [1.165, 1.54) is 6.33 Å². The molecule has 27 heavy (non-hydrogen) atoms. The summed E-state index contributed by atoms with van der Waals surface area (Å²) in [7, 11) is -1.43. The van der Waals surface area contributed by atoms with Gasteiger partial charge in [-0.05, 0) is 37.6 Å². The smallest absolute Gasteiger partial charge is 0.274 e. The zero-order chi connectivity index (χ0) is 19.4. The normalized spacial score (nSPS) is 18.1. The van der Waals surface area contributed by atoms with Crippen LogP contribution in [0.2, 0.25) is 0 Å². The molecule has 2 aromatic rings. The maximum absolute atomic E-state index is 12.5. The van der Waals surface area contributed by atoms with Crippen molar-refractivity contribution in [2.24, 2.45) is 0 Å². The number of amides is 1. The monoisotopic (exact) mass is 390 g/mol. The van der Waals surface area contributed by atoms with E-state index in [2.05, 4.69) is 15.3 Å². The summed E-state index contributed by atoms with van der Waals surface area (Å²) in [5, 5.41) is 2.78. The van der Waals surface area contributed by atoms with Crippen LogP contribution in [0, 0.1) is 0 Å². The Hall–Kier alpha value is -2.68. The molecule has 0 aliphatic carbocycles. The first kappa shape index (κ1) is 19.1. The summed E-state index contributed by atoms with van der Waals surface area (Å²) in [5.74, 6) is 1.18. The highest BCUT2D eigenvalue weighted by Gasteiger charge is 2.32. The van der Waals surface area contributed by atoms with Crippen LogP contribution in [0.25, 0.3) is 0 Å². The van der Waals surface area contributed by atoms with E-state index < -0.39 is 9.84 Å². The van der Waals surface area contributed by atoms with E-state index in [4.69, 9.17) is 4.74 Å². The minimum atomic E-state index is -3.01. The molecule has 1 aromatic carbocycles. The Kier molecular flexibility index (Phi) is 5.59. The van der Waals surface area contributed by atoms with Crippen LogP contribution in [0.4, 0.5) is 11.5 Å². The van der Waals surface area contributed by atoms with Crippen molar-refractivity contribution in [2.45, 2.75) is 19.4 Å². The predicted molar refractivity (Wildman–Crippen MR) is 103 cm³/mol. The fourth-order valence-corrected chi connectivity index (χ4v) is 4.86. The highest BCUT2D eigenvalue weighted by Crippen LogP contribution is 2.23. The Bertz CT molecular complexity index is 915. The van der Waals surface area contributed by atoms with E-state index >= 15 is 0 Å². The number of rotatable bonds is 6. The first-order valence-electron chi connectivity index (χ1n) is 8.66. The third kappa shape index (κ3) is 4.54. The van der Waals surface area contributed by atoms with Gasteiger partial charge in [0, 0.05) is 24.3 Å². The summed E-state index contributed by atoms with van der Waals surface area (Å²) >= 11 is 0. The van der Waals surface area contributed by atoms with Gasteiger partial charge in [0.05, 0.1) is 18.6 Å². The molecule has 0 bridgehead atoms.